The second-order valence-corrected chi connectivity index (χ2v) is 4.17. The summed E-state index contributed by atoms with van der Waals surface area (Å²) >= 11 is 0. The van der Waals surface area contributed by atoms with Gasteiger partial charge in [0, 0.05) is 18.8 Å². The van der Waals surface area contributed by atoms with Crippen molar-refractivity contribution in [2.24, 2.45) is 0 Å². The first kappa shape index (κ1) is 11.0. The van der Waals surface area contributed by atoms with E-state index in [1.165, 1.54) is 25.9 Å². The number of nitrogens with one attached hydrogen (secondary N) is 1. The molecule has 1 aliphatic heterocycles. The van der Waals surface area contributed by atoms with E-state index in [-0.39, 0.29) is 0 Å². The van der Waals surface area contributed by atoms with Gasteiger partial charge in [-0.3, -0.25) is 0 Å². The third-order valence-corrected chi connectivity index (χ3v) is 2.95. The van der Waals surface area contributed by atoms with Gasteiger partial charge in [0.05, 0.1) is 11.6 Å². The summed E-state index contributed by atoms with van der Waals surface area (Å²) in [5.74, 6) is 0. The smallest absolute Gasteiger partial charge is 0.0992 e. The van der Waals surface area contributed by atoms with Gasteiger partial charge in [-0.15, -0.1) is 0 Å². The lowest BCUT2D eigenvalue weighted by Gasteiger charge is -2.15. The molecule has 3 heteroatoms. The maximum absolute atomic E-state index is 8.77. The largest absolute Gasteiger partial charge is 0.384 e. The molecule has 2 rings (SSSR count). The molecule has 0 atom stereocenters. The topological polar surface area (TPSA) is 39.1 Å². The van der Waals surface area contributed by atoms with Crippen molar-refractivity contribution in [3.05, 3.63) is 29.8 Å². The van der Waals surface area contributed by atoms with Crippen molar-refractivity contribution < 1.29 is 0 Å². The van der Waals surface area contributed by atoms with Crippen LogP contribution in [0.1, 0.15) is 18.4 Å². The molecule has 1 fully saturated rings. The molecule has 1 aliphatic rings. The number of nitriles is 1. The summed E-state index contributed by atoms with van der Waals surface area (Å²) in [5.41, 5.74) is 1.75. The van der Waals surface area contributed by atoms with E-state index in [0.717, 1.165) is 18.8 Å². The van der Waals surface area contributed by atoms with Gasteiger partial charge in [0.2, 0.25) is 0 Å². The molecule has 1 aromatic carbocycles. The number of rotatable bonds is 4. The first-order chi connectivity index (χ1) is 7.88. The lowest BCUT2D eigenvalue weighted by atomic mass is 10.2. The van der Waals surface area contributed by atoms with Crippen LogP contribution in [0.25, 0.3) is 0 Å². The predicted octanol–water partition coefficient (Wildman–Crippen LogP) is 2.07. The highest BCUT2D eigenvalue weighted by atomic mass is 15.1. The maximum atomic E-state index is 8.77. The molecule has 0 bridgehead atoms. The van der Waals surface area contributed by atoms with Crippen LogP contribution in [-0.4, -0.2) is 31.1 Å². The normalized spacial score (nSPS) is 15.9. The maximum Gasteiger partial charge on any atom is 0.0992 e. The second kappa shape index (κ2) is 5.53. The molecule has 16 heavy (non-hydrogen) atoms. The Balaban J connectivity index is 1.78. The molecule has 0 spiro atoms. The van der Waals surface area contributed by atoms with Crippen LogP contribution < -0.4 is 5.32 Å². The first-order valence-electron chi connectivity index (χ1n) is 5.85. The third-order valence-electron chi connectivity index (χ3n) is 2.95. The Bertz CT molecular complexity index is 375. The van der Waals surface area contributed by atoms with E-state index in [1.54, 1.807) is 0 Å². The predicted molar refractivity (Wildman–Crippen MR) is 65.3 cm³/mol. The Kier molecular flexibility index (Phi) is 3.79. The fraction of sp³-hybridized carbons (Fsp3) is 0.462. The van der Waals surface area contributed by atoms with Crippen molar-refractivity contribution in [2.75, 3.05) is 31.5 Å². The quantitative estimate of drug-likeness (QED) is 0.835. The lowest BCUT2D eigenvalue weighted by molar-refractivity contribution is 0.352. The first-order valence-corrected chi connectivity index (χ1v) is 5.85. The van der Waals surface area contributed by atoms with Crippen molar-refractivity contribution >= 4 is 5.69 Å². The molecular weight excluding hydrogens is 198 g/mol. The van der Waals surface area contributed by atoms with Crippen LogP contribution in [0.3, 0.4) is 0 Å². The van der Waals surface area contributed by atoms with E-state index in [2.05, 4.69) is 16.3 Å². The van der Waals surface area contributed by atoms with Gasteiger partial charge in [-0.25, -0.2) is 0 Å². The van der Waals surface area contributed by atoms with Crippen LogP contribution in [0.4, 0.5) is 5.69 Å². The number of benzene rings is 1. The Hall–Kier alpha value is -1.53. The highest BCUT2D eigenvalue weighted by molar-refractivity contribution is 5.49. The Labute approximate surface area is 96.7 Å². The highest BCUT2D eigenvalue weighted by Gasteiger charge is 2.09. The number of likely N-dealkylation sites (tertiary alicyclic amines) is 1. The van der Waals surface area contributed by atoms with E-state index in [9.17, 15) is 0 Å². The summed E-state index contributed by atoms with van der Waals surface area (Å²) in [4.78, 5) is 2.47. The molecule has 1 N–H and O–H groups in total. The summed E-state index contributed by atoms with van der Waals surface area (Å²) in [6, 6.07) is 9.78. The second-order valence-electron chi connectivity index (χ2n) is 4.17. The molecule has 1 aromatic rings. The summed E-state index contributed by atoms with van der Waals surface area (Å²) in [5, 5.41) is 12.1. The van der Waals surface area contributed by atoms with Crippen LogP contribution >= 0.6 is 0 Å². The van der Waals surface area contributed by atoms with E-state index in [1.807, 2.05) is 24.3 Å². The molecule has 0 unspecified atom stereocenters. The van der Waals surface area contributed by atoms with Crippen LogP contribution in [0.2, 0.25) is 0 Å². The Morgan fingerprint density at radius 3 is 2.88 bits per heavy atom. The number of anilines is 1. The van der Waals surface area contributed by atoms with E-state index in [0.29, 0.717) is 5.56 Å². The minimum atomic E-state index is 0.714. The average Bonchev–Trinajstić information content (AvgIpc) is 2.82. The SMILES string of the molecule is N#Cc1cccc(NCCN2CCCC2)c1. The zero-order valence-corrected chi connectivity index (χ0v) is 9.45. The third kappa shape index (κ3) is 2.98. The van der Waals surface area contributed by atoms with Crippen LogP contribution in [0, 0.1) is 11.3 Å². The fourth-order valence-corrected chi connectivity index (χ4v) is 2.06. The van der Waals surface area contributed by atoms with E-state index < -0.39 is 0 Å². The van der Waals surface area contributed by atoms with Crippen LogP contribution in [0.5, 0.6) is 0 Å². The summed E-state index contributed by atoms with van der Waals surface area (Å²) in [6.07, 6.45) is 2.67. The van der Waals surface area contributed by atoms with Gasteiger partial charge in [-0.05, 0) is 44.1 Å². The van der Waals surface area contributed by atoms with Crippen molar-refractivity contribution in [1.82, 2.24) is 4.90 Å². The van der Waals surface area contributed by atoms with Gasteiger partial charge in [0.15, 0.2) is 0 Å². The average molecular weight is 215 g/mol. The molecule has 0 aliphatic carbocycles. The molecule has 84 valence electrons. The summed E-state index contributed by atoms with van der Waals surface area (Å²) in [6.45, 7) is 4.52. The minimum Gasteiger partial charge on any atom is -0.384 e. The molecule has 0 aromatic heterocycles. The standard InChI is InChI=1S/C13H17N3/c14-11-12-4-3-5-13(10-12)15-6-9-16-7-1-2-8-16/h3-5,10,15H,1-2,6-9H2. The lowest BCUT2D eigenvalue weighted by Crippen LogP contribution is -2.25. The van der Waals surface area contributed by atoms with Crippen LogP contribution in [0.15, 0.2) is 24.3 Å². The molecule has 0 saturated carbocycles. The highest BCUT2D eigenvalue weighted by Crippen LogP contribution is 2.10. The molecule has 1 saturated heterocycles. The fourth-order valence-electron chi connectivity index (χ4n) is 2.06. The van der Waals surface area contributed by atoms with Gasteiger partial charge in [0.25, 0.3) is 0 Å². The minimum absolute atomic E-state index is 0.714. The van der Waals surface area contributed by atoms with Crippen molar-refractivity contribution in [2.45, 2.75) is 12.8 Å². The van der Waals surface area contributed by atoms with Gasteiger partial charge in [0.1, 0.15) is 0 Å². The van der Waals surface area contributed by atoms with Gasteiger partial charge in [-0.1, -0.05) is 6.07 Å². The number of nitrogens with zero attached hydrogens (tertiary/aromatic N) is 2. The molecule has 0 amide bonds. The Morgan fingerprint density at radius 2 is 2.12 bits per heavy atom. The van der Waals surface area contributed by atoms with E-state index in [4.69, 9.17) is 5.26 Å². The zero-order valence-electron chi connectivity index (χ0n) is 9.45. The molecule has 3 nitrogen and oxygen atoms in total. The summed E-state index contributed by atoms with van der Waals surface area (Å²) in [7, 11) is 0. The van der Waals surface area contributed by atoms with Gasteiger partial charge in [-0.2, -0.15) is 5.26 Å². The van der Waals surface area contributed by atoms with Gasteiger partial charge >= 0.3 is 0 Å². The van der Waals surface area contributed by atoms with E-state index >= 15 is 0 Å². The van der Waals surface area contributed by atoms with Gasteiger partial charge < -0.3 is 10.2 Å². The summed E-state index contributed by atoms with van der Waals surface area (Å²) < 4.78 is 0. The monoisotopic (exact) mass is 215 g/mol. The molecule has 1 heterocycles. The molecule has 0 radical (unpaired) electrons. The number of hydrogen-bond donors (Lipinski definition) is 1. The van der Waals surface area contributed by atoms with Crippen molar-refractivity contribution in [3.8, 4) is 6.07 Å². The zero-order chi connectivity index (χ0) is 11.2. The number of hydrogen-bond acceptors (Lipinski definition) is 3. The van der Waals surface area contributed by atoms with Crippen LogP contribution in [-0.2, 0) is 0 Å². The molecular formula is C13H17N3. The Morgan fingerprint density at radius 1 is 1.31 bits per heavy atom. The van der Waals surface area contributed by atoms with Crippen molar-refractivity contribution in [1.29, 1.82) is 5.26 Å². The van der Waals surface area contributed by atoms with Crippen molar-refractivity contribution in [3.63, 3.8) is 0 Å².